The van der Waals surface area contributed by atoms with Crippen LogP contribution in [0.1, 0.15) is 57.3 Å². The van der Waals surface area contributed by atoms with E-state index in [4.69, 9.17) is 14.2 Å². The minimum atomic E-state index is -0.303. The molecule has 3 aliphatic rings. The molecule has 4 rings (SSSR count). The third-order valence-corrected chi connectivity index (χ3v) is 6.80. The average Bonchev–Trinajstić information content (AvgIpc) is 3.39. The van der Waals surface area contributed by atoms with Gasteiger partial charge in [0.2, 0.25) is 0 Å². The summed E-state index contributed by atoms with van der Waals surface area (Å²) < 4.78 is 17.7. The summed E-state index contributed by atoms with van der Waals surface area (Å²) in [5.74, 6) is -0.0708. The number of carbonyl (C=O) groups excluding carboxylic acids is 2. The van der Waals surface area contributed by atoms with Crippen molar-refractivity contribution in [3.8, 4) is 0 Å². The van der Waals surface area contributed by atoms with Crippen LogP contribution in [-0.4, -0.2) is 36.4 Å². The summed E-state index contributed by atoms with van der Waals surface area (Å²) in [7, 11) is 0. The second-order valence-electron chi connectivity index (χ2n) is 9.56. The number of ether oxygens (including phenoxy) is 3. The zero-order chi connectivity index (χ0) is 20.8. The fourth-order valence-electron chi connectivity index (χ4n) is 5.48. The fraction of sp³-hybridized carbons (Fsp3) is 0.583. The number of epoxide rings is 1. The van der Waals surface area contributed by atoms with E-state index in [1.165, 1.54) is 6.92 Å². The lowest BCUT2D eigenvalue weighted by molar-refractivity contribution is -0.149. The number of hydrogen-bond acceptors (Lipinski definition) is 5. The third-order valence-electron chi connectivity index (χ3n) is 6.80. The first-order valence-electron chi connectivity index (χ1n) is 10.4. The smallest absolute Gasteiger partial charge is 0.338 e. The van der Waals surface area contributed by atoms with Crippen LogP contribution in [0.3, 0.4) is 0 Å². The predicted octanol–water partition coefficient (Wildman–Crippen LogP) is 4.32. The molecule has 1 saturated carbocycles. The monoisotopic (exact) mass is 398 g/mol. The van der Waals surface area contributed by atoms with E-state index in [1.807, 2.05) is 31.2 Å². The van der Waals surface area contributed by atoms with E-state index in [1.54, 1.807) is 12.1 Å². The van der Waals surface area contributed by atoms with Crippen LogP contribution in [0.5, 0.6) is 0 Å². The predicted molar refractivity (Wildman–Crippen MR) is 108 cm³/mol. The molecule has 29 heavy (non-hydrogen) atoms. The Morgan fingerprint density at radius 3 is 2.38 bits per heavy atom. The molecule has 0 bridgehead atoms. The van der Waals surface area contributed by atoms with Gasteiger partial charge in [-0.05, 0) is 42.9 Å². The molecule has 2 aliphatic carbocycles. The van der Waals surface area contributed by atoms with Crippen LogP contribution in [-0.2, 0) is 19.0 Å². The Labute approximate surface area is 172 Å². The molecule has 5 nitrogen and oxygen atoms in total. The molecule has 156 valence electrons. The Bertz CT molecular complexity index is 821. The number of fused-ring (bicyclic) bond motifs is 2. The van der Waals surface area contributed by atoms with Crippen LogP contribution in [0.25, 0.3) is 0 Å². The molecule has 0 radical (unpaired) electrons. The largest absolute Gasteiger partial charge is 0.458 e. The number of hydrogen-bond donors (Lipinski definition) is 0. The van der Waals surface area contributed by atoms with Crippen LogP contribution < -0.4 is 0 Å². The van der Waals surface area contributed by atoms with Crippen molar-refractivity contribution in [2.24, 2.45) is 17.3 Å². The number of benzene rings is 1. The van der Waals surface area contributed by atoms with Crippen molar-refractivity contribution >= 4 is 11.9 Å². The molecule has 5 heteroatoms. The maximum Gasteiger partial charge on any atom is 0.338 e. The first-order chi connectivity index (χ1) is 13.7. The van der Waals surface area contributed by atoms with Gasteiger partial charge in [-0.15, -0.1) is 0 Å². The fourth-order valence-corrected chi connectivity index (χ4v) is 5.48. The van der Waals surface area contributed by atoms with Gasteiger partial charge < -0.3 is 14.2 Å². The molecule has 1 heterocycles. The maximum atomic E-state index is 12.8. The average molecular weight is 398 g/mol. The molecule has 1 aromatic rings. The highest BCUT2D eigenvalue weighted by Crippen LogP contribution is 2.63. The highest BCUT2D eigenvalue weighted by Gasteiger charge is 2.66. The van der Waals surface area contributed by atoms with E-state index in [-0.39, 0.29) is 41.1 Å². The Balaban J connectivity index is 1.64. The molecule has 1 spiro atoms. The first-order valence-corrected chi connectivity index (χ1v) is 10.4. The van der Waals surface area contributed by atoms with Crippen molar-refractivity contribution in [3.05, 3.63) is 47.5 Å². The van der Waals surface area contributed by atoms with Crippen molar-refractivity contribution in [1.29, 1.82) is 0 Å². The maximum absolute atomic E-state index is 12.8. The van der Waals surface area contributed by atoms with Crippen molar-refractivity contribution in [2.45, 2.75) is 64.8 Å². The highest BCUT2D eigenvalue weighted by molar-refractivity contribution is 5.89. The standard InChI is InChI=1S/C24H30O5/c1-15-10-18(28-16(2)25)12-24(14-27-24)19-13-23(3,4)21(19)20(11-15)29-22(26)17-8-6-5-7-9-17/h5-10,18-21H,11-14H2,1-4H3. The van der Waals surface area contributed by atoms with Gasteiger partial charge in [0, 0.05) is 25.7 Å². The summed E-state index contributed by atoms with van der Waals surface area (Å²) in [5.41, 5.74) is 1.42. The van der Waals surface area contributed by atoms with Crippen LogP contribution in [0, 0.1) is 17.3 Å². The van der Waals surface area contributed by atoms with E-state index in [9.17, 15) is 9.59 Å². The molecule has 1 aliphatic heterocycles. The number of carbonyl (C=O) groups is 2. The van der Waals surface area contributed by atoms with Gasteiger partial charge in [0.15, 0.2) is 0 Å². The van der Waals surface area contributed by atoms with Gasteiger partial charge in [-0.25, -0.2) is 4.79 Å². The summed E-state index contributed by atoms with van der Waals surface area (Å²) in [6.07, 6.45) is 3.79. The van der Waals surface area contributed by atoms with Crippen LogP contribution in [0.4, 0.5) is 0 Å². The molecule has 2 fully saturated rings. The highest BCUT2D eigenvalue weighted by atomic mass is 16.6. The second kappa shape index (κ2) is 7.28. The molecule has 0 aromatic heterocycles. The van der Waals surface area contributed by atoms with Crippen molar-refractivity contribution in [2.75, 3.05) is 6.61 Å². The topological polar surface area (TPSA) is 65.1 Å². The van der Waals surface area contributed by atoms with E-state index in [2.05, 4.69) is 13.8 Å². The molecule has 5 atom stereocenters. The normalized spacial score (nSPS) is 35.1. The molecule has 1 saturated heterocycles. The summed E-state index contributed by atoms with van der Waals surface area (Å²) in [6, 6.07) is 9.14. The van der Waals surface area contributed by atoms with E-state index >= 15 is 0 Å². The summed E-state index contributed by atoms with van der Waals surface area (Å²) in [6.45, 7) is 8.62. The lowest BCUT2D eigenvalue weighted by Gasteiger charge is -2.56. The van der Waals surface area contributed by atoms with Gasteiger partial charge in [-0.2, -0.15) is 0 Å². The van der Waals surface area contributed by atoms with Gasteiger partial charge in [0.1, 0.15) is 12.2 Å². The Morgan fingerprint density at radius 1 is 1.10 bits per heavy atom. The van der Waals surface area contributed by atoms with Crippen molar-refractivity contribution in [3.63, 3.8) is 0 Å². The van der Waals surface area contributed by atoms with Gasteiger partial charge in [0.05, 0.1) is 17.8 Å². The van der Waals surface area contributed by atoms with Crippen LogP contribution >= 0.6 is 0 Å². The zero-order valence-electron chi connectivity index (χ0n) is 17.6. The Morgan fingerprint density at radius 2 is 1.79 bits per heavy atom. The Hall–Kier alpha value is -2.14. The van der Waals surface area contributed by atoms with Crippen LogP contribution in [0.2, 0.25) is 0 Å². The summed E-state index contributed by atoms with van der Waals surface area (Å²) >= 11 is 0. The van der Waals surface area contributed by atoms with Crippen molar-refractivity contribution < 1.29 is 23.8 Å². The van der Waals surface area contributed by atoms with Crippen molar-refractivity contribution in [1.82, 2.24) is 0 Å². The molecule has 0 amide bonds. The minimum absolute atomic E-state index is 0.0623. The quantitative estimate of drug-likeness (QED) is 0.431. The van der Waals surface area contributed by atoms with Gasteiger partial charge in [0.25, 0.3) is 0 Å². The minimum Gasteiger partial charge on any atom is -0.458 e. The summed E-state index contributed by atoms with van der Waals surface area (Å²) in [5, 5.41) is 0. The number of rotatable bonds is 3. The van der Waals surface area contributed by atoms with Crippen LogP contribution in [0.15, 0.2) is 42.0 Å². The molecule has 1 aromatic carbocycles. The lowest BCUT2D eigenvalue weighted by atomic mass is 9.49. The Kier molecular flexibility index (Phi) is 5.06. The first kappa shape index (κ1) is 20.1. The zero-order valence-corrected chi connectivity index (χ0v) is 17.6. The number of esters is 2. The van der Waals surface area contributed by atoms with E-state index in [0.717, 1.165) is 12.0 Å². The second-order valence-corrected chi connectivity index (χ2v) is 9.56. The molecule has 5 unspecified atom stereocenters. The SMILES string of the molecule is CC(=O)OC1C=C(C)CC(OC(=O)c2ccccc2)C2C(CC2(C)C)C2(CO2)C1. The van der Waals surface area contributed by atoms with E-state index in [0.29, 0.717) is 30.9 Å². The van der Waals surface area contributed by atoms with Gasteiger partial charge in [-0.1, -0.05) is 37.6 Å². The van der Waals surface area contributed by atoms with E-state index < -0.39 is 0 Å². The molecular weight excluding hydrogens is 368 g/mol. The molecular formula is C24H30O5. The van der Waals surface area contributed by atoms with Gasteiger partial charge >= 0.3 is 11.9 Å². The lowest BCUT2D eigenvalue weighted by Crippen LogP contribution is -2.57. The van der Waals surface area contributed by atoms with Gasteiger partial charge in [-0.3, -0.25) is 4.79 Å². The third kappa shape index (κ3) is 3.97. The molecule has 0 N–H and O–H groups in total. The summed E-state index contributed by atoms with van der Waals surface area (Å²) in [4.78, 5) is 24.4.